The second-order valence-electron chi connectivity index (χ2n) is 10.2. The van der Waals surface area contributed by atoms with Crippen LogP contribution in [-0.4, -0.2) is 92.0 Å². The van der Waals surface area contributed by atoms with E-state index in [1.165, 1.54) is 19.1 Å². The molecular formula is C27H38N6O12. The van der Waals surface area contributed by atoms with Crippen molar-refractivity contribution < 1.29 is 53.8 Å². The van der Waals surface area contributed by atoms with Crippen LogP contribution in [0.15, 0.2) is 24.3 Å². The van der Waals surface area contributed by atoms with Crippen molar-refractivity contribution in [3.63, 3.8) is 0 Å². The first kappa shape index (κ1) is 37.9. The molecule has 1 aromatic carbocycles. The molecule has 18 heteroatoms. The molecule has 0 saturated heterocycles. The van der Waals surface area contributed by atoms with Gasteiger partial charge in [0.1, 0.15) is 24.2 Å². The lowest BCUT2D eigenvalue weighted by atomic mass is 9.97. The molecule has 0 radical (unpaired) electrons. The molecule has 6 atom stereocenters. The number of carboxylic acids is 2. The maximum absolute atomic E-state index is 13.2. The number of hydrogen-bond donors (Lipinski definition) is 8. The molecular weight excluding hydrogens is 600 g/mol. The van der Waals surface area contributed by atoms with Gasteiger partial charge >= 0.3 is 11.9 Å². The van der Waals surface area contributed by atoms with Crippen molar-refractivity contribution in [2.75, 3.05) is 5.32 Å². The topological polar surface area (TPSA) is 283 Å². The van der Waals surface area contributed by atoms with Gasteiger partial charge in [-0.3, -0.25) is 43.7 Å². The van der Waals surface area contributed by atoms with Crippen LogP contribution in [0, 0.1) is 16.0 Å². The Morgan fingerprint density at radius 1 is 0.800 bits per heavy atom. The lowest BCUT2D eigenvalue weighted by molar-refractivity contribution is -0.384. The average Bonchev–Trinajstić information content (AvgIpc) is 2.95. The standard InChI is InChI=1S/C27H38N6O12/c1-5-13(2)22(28-15(4)35)26(42)30-18(10-11-20(36)37)24(40)32-23(14(3)34)27(43)31-19(12-21(38)39)25(41)29-16-6-8-17(9-7-16)33(44)45/h6-9,13-14,18-19,22-23,34H,5,10-12H2,1-4H3,(H,28,35)(H,29,41)(H,30,42)(H,31,43)(H,32,40)(H,36,37)(H,38,39)/t13-,14+,18+,19-,22+,23+/m0/s1. The number of aliphatic carboxylic acids is 2. The fourth-order valence-electron chi connectivity index (χ4n) is 3.92. The maximum atomic E-state index is 13.2. The van der Waals surface area contributed by atoms with Crippen molar-refractivity contribution in [3.05, 3.63) is 34.4 Å². The molecule has 0 aliphatic carbocycles. The molecule has 248 valence electrons. The van der Waals surface area contributed by atoms with Crippen molar-refractivity contribution in [3.8, 4) is 0 Å². The second kappa shape index (κ2) is 17.9. The van der Waals surface area contributed by atoms with E-state index >= 15 is 0 Å². The van der Waals surface area contributed by atoms with Gasteiger partial charge in [-0.1, -0.05) is 20.3 Å². The summed E-state index contributed by atoms with van der Waals surface area (Å²) in [6.45, 7) is 5.73. The third-order valence-corrected chi connectivity index (χ3v) is 6.55. The fourth-order valence-corrected chi connectivity index (χ4v) is 3.92. The third kappa shape index (κ3) is 13.0. The zero-order valence-electron chi connectivity index (χ0n) is 25.1. The molecule has 5 amide bonds. The van der Waals surface area contributed by atoms with E-state index in [0.717, 1.165) is 19.1 Å². The number of carbonyl (C=O) groups excluding carboxylic acids is 5. The first-order chi connectivity index (χ1) is 21.0. The Kier molecular flexibility index (Phi) is 15.0. The Hall–Kier alpha value is -5.13. The van der Waals surface area contributed by atoms with Gasteiger partial charge in [0.2, 0.25) is 29.5 Å². The number of aliphatic hydroxyl groups excluding tert-OH is 1. The molecule has 0 unspecified atom stereocenters. The summed E-state index contributed by atoms with van der Waals surface area (Å²) in [6, 6.07) is -1.63. The number of nitrogens with one attached hydrogen (secondary N) is 5. The second-order valence-corrected chi connectivity index (χ2v) is 10.2. The van der Waals surface area contributed by atoms with Gasteiger partial charge in [0.15, 0.2) is 0 Å². The lowest BCUT2D eigenvalue weighted by Crippen LogP contribution is -2.61. The van der Waals surface area contributed by atoms with Crippen LogP contribution in [0.1, 0.15) is 53.4 Å². The summed E-state index contributed by atoms with van der Waals surface area (Å²) >= 11 is 0. The predicted octanol–water partition coefficient (Wildman–Crippen LogP) is -0.741. The average molecular weight is 639 g/mol. The van der Waals surface area contributed by atoms with Gasteiger partial charge in [0, 0.05) is 31.2 Å². The number of carboxylic acid groups (broad SMARTS) is 2. The van der Waals surface area contributed by atoms with Crippen LogP contribution in [0.3, 0.4) is 0 Å². The largest absolute Gasteiger partial charge is 0.481 e. The summed E-state index contributed by atoms with van der Waals surface area (Å²) in [6.07, 6.45) is -3.11. The zero-order chi connectivity index (χ0) is 34.4. The van der Waals surface area contributed by atoms with Gasteiger partial charge in [-0.2, -0.15) is 0 Å². The number of hydrogen-bond acceptors (Lipinski definition) is 10. The number of benzene rings is 1. The van der Waals surface area contributed by atoms with Crippen LogP contribution in [0.5, 0.6) is 0 Å². The summed E-state index contributed by atoms with van der Waals surface area (Å²) in [5.41, 5.74) is -0.232. The minimum Gasteiger partial charge on any atom is -0.481 e. The maximum Gasteiger partial charge on any atom is 0.305 e. The van der Waals surface area contributed by atoms with E-state index in [2.05, 4.69) is 26.6 Å². The third-order valence-electron chi connectivity index (χ3n) is 6.55. The van der Waals surface area contributed by atoms with E-state index < -0.39 is 95.9 Å². The van der Waals surface area contributed by atoms with Crippen molar-refractivity contribution in [2.45, 2.75) is 83.6 Å². The van der Waals surface area contributed by atoms with Gasteiger partial charge in [-0.15, -0.1) is 0 Å². The first-order valence-electron chi connectivity index (χ1n) is 13.8. The van der Waals surface area contributed by atoms with E-state index in [9.17, 15) is 53.9 Å². The Balaban J connectivity index is 3.17. The van der Waals surface area contributed by atoms with Gasteiger partial charge < -0.3 is 41.9 Å². The van der Waals surface area contributed by atoms with Crippen molar-refractivity contribution in [1.29, 1.82) is 0 Å². The van der Waals surface area contributed by atoms with Crippen molar-refractivity contribution >= 4 is 52.8 Å². The molecule has 0 saturated carbocycles. The number of rotatable bonds is 18. The van der Waals surface area contributed by atoms with Gasteiger partial charge in [-0.25, -0.2) is 0 Å². The van der Waals surface area contributed by atoms with E-state index in [0.29, 0.717) is 6.42 Å². The zero-order valence-corrected chi connectivity index (χ0v) is 25.1. The number of nitro groups is 1. The van der Waals surface area contributed by atoms with E-state index in [1.54, 1.807) is 13.8 Å². The number of non-ortho nitro benzene ring substituents is 1. The van der Waals surface area contributed by atoms with Gasteiger partial charge in [0.05, 0.1) is 17.4 Å². The Bertz CT molecular complexity index is 1270. The Labute approximate surface area is 257 Å². The van der Waals surface area contributed by atoms with E-state index in [4.69, 9.17) is 5.11 Å². The summed E-state index contributed by atoms with van der Waals surface area (Å²) in [4.78, 5) is 96.5. The summed E-state index contributed by atoms with van der Waals surface area (Å²) in [5, 5.41) is 51.0. The molecule has 0 spiro atoms. The molecule has 45 heavy (non-hydrogen) atoms. The van der Waals surface area contributed by atoms with Crippen molar-refractivity contribution in [2.24, 2.45) is 5.92 Å². The minimum atomic E-state index is -1.80. The SMILES string of the molecule is CC[C@H](C)[C@@H](NC(C)=O)C(=O)N[C@H](CCC(=O)O)C(=O)N[C@@H](C(=O)N[C@@H](CC(=O)O)C(=O)Nc1ccc([N+](=O)[O-])cc1)[C@@H](C)O. The van der Waals surface area contributed by atoms with Crippen LogP contribution in [0.2, 0.25) is 0 Å². The smallest absolute Gasteiger partial charge is 0.305 e. The number of anilines is 1. The molecule has 0 heterocycles. The van der Waals surface area contributed by atoms with Gasteiger partial charge in [0.25, 0.3) is 5.69 Å². The quantitative estimate of drug-likeness (QED) is 0.0729. The molecule has 0 bridgehead atoms. The first-order valence-corrected chi connectivity index (χ1v) is 13.8. The summed E-state index contributed by atoms with van der Waals surface area (Å²) < 4.78 is 0. The van der Waals surface area contributed by atoms with Crippen LogP contribution in [0.4, 0.5) is 11.4 Å². The number of amides is 5. The highest BCUT2D eigenvalue weighted by molar-refractivity contribution is 6.00. The summed E-state index contributed by atoms with van der Waals surface area (Å²) in [7, 11) is 0. The monoisotopic (exact) mass is 638 g/mol. The molecule has 1 aromatic rings. The minimum absolute atomic E-state index is 0.0441. The number of nitrogens with zero attached hydrogens (tertiary/aromatic N) is 1. The van der Waals surface area contributed by atoms with Gasteiger partial charge in [-0.05, 0) is 31.4 Å². The molecule has 0 aromatic heterocycles. The molecule has 0 aliphatic heterocycles. The van der Waals surface area contributed by atoms with Crippen molar-refractivity contribution in [1.82, 2.24) is 21.3 Å². The molecule has 1 rings (SSSR count). The molecule has 18 nitrogen and oxygen atoms in total. The van der Waals surface area contributed by atoms with Crippen LogP contribution in [-0.2, 0) is 33.6 Å². The number of aliphatic hydroxyl groups is 1. The van der Waals surface area contributed by atoms with Crippen LogP contribution < -0.4 is 26.6 Å². The fraction of sp³-hybridized carbons (Fsp3) is 0.519. The number of carbonyl (C=O) groups is 7. The highest BCUT2D eigenvalue weighted by atomic mass is 16.6. The molecule has 0 fully saturated rings. The lowest BCUT2D eigenvalue weighted by Gasteiger charge is -2.28. The highest BCUT2D eigenvalue weighted by Crippen LogP contribution is 2.16. The highest BCUT2D eigenvalue weighted by Gasteiger charge is 2.35. The van der Waals surface area contributed by atoms with Crippen LogP contribution in [0.25, 0.3) is 0 Å². The van der Waals surface area contributed by atoms with E-state index in [-0.39, 0.29) is 17.3 Å². The Morgan fingerprint density at radius 2 is 1.36 bits per heavy atom. The van der Waals surface area contributed by atoms with E-state index in [1.807, 2.05) is 0 Å². The van der Waals surface area contributed by atoms with Crippen LogP contribution >= 0.6 is 0 Å². The predicted molar refractivity (Wildman–Crippen MR) is 155 cm³/mol. The summed E-state index contributed by atoms with van der Waals surface area (Å²) in [5.74, 6) is -7.81. The molecule has 8 N–H and O–H groups in total. The normalized spacial score (nSPS) is 14.7. The number of nitro benzene ring substituents is 1. The molecule has 0 aliphatic rings. The Morgan fingerprint density at radius 3 is 1.82 bits per heavy atom.